The second kappa shape index (κ2) is 7.01. The van der Waals surface area contributed by atoms with Gasteiger partial charge in [-0.15, -0.1) is 11.3 Å². The van der Waals surface area contributed by atoms with Gasteiger partial charge in [0.05, 0.1) is 4.88 Å². The zero-order valence-electron chi connectivity index (χ0n) is 10.8. The topological polar surface area (TPSA) is 57.2 Å². The average Bonchev–Trinajstić information content (AvgIpc) is 2.87. The number of hydrogen-bond acceptors (Lipinski definition) is 4. The summed E-state index contributed by atoms with van der Waals surface area (Å²) in [5.41, 5.74) is 0.604. The fourth-order valence-electron chi connectivity index (χ4n) is 1.56. The Kier molecular flexibility index (Phi) is 5.94. The van der Waals surface area contributed by atoms with Gasteiger partial charge in [-0.05, 0) is 12.1 Å². The maximum Gasteiger partial charge on any atom is 1.00 e. The molecule has 0 saturated carbocycles. The molecule has 1 unspecified atom stereocenters. The van der Waals surface area contributed by atoms with Crippen LogP contribution < -0.4 is 34.7 Å². The van der Waals surface area contributed by atoms with Crippen molar-refractivity contribution in [3.05, 3.63) is 57.8 Å². The molecule has 0 aliphatic rings. The molecule has 1 aromatic heterocycles. The summed E-state index contributed by atoms with van der Waals surface area (Å²) in [5, 5.41) is 10.8. The van der Waals surface area contributed by atoms with E-state index in [0.29, 0.717) is 15.3 Å². The summed E-state index contributed by atoms with van der Waals surface area (Å²) >= 11 is 1.20. The van der Waals surface area contributed by atoms with Gasteiger partial charge in [-0.25, -0.2) is 0 Å². The number of ketones is 1. The molecule has 5 heteroatoms. The van der Waals surface area contributed by atoms with Gasteiger partial charge in [0.15, 0.2) is 0 Å². The Balaban J connectivity index is 0.00000180. The first-order valence-corrected chi connectivity index (χ1v) is 6.31. The minimum Gasteiger partial charge on any atom is -0.549 e. The first-order valence-electron chi connectivity index (χ1n) is 5.50. The Labute approximate surface area is 137 Å². The van der Waals surface area contributed by atoms with Gasteiger partial charge in [-0.3, -0.25) is 4.79 Å². The number of carboxylic acid groups (broad SMARTS) is 1. The Morgan fingerprint density at radius 1 is 1.11 bits per heavy atom. The van der Waals surface area contributed by atoms with Crippen LogP contribution in [-0.2, 0) is 4.79 Å². The van der Waals surface area contributed by atoms with Crippen LogP contribution in [0.5, 0.6) is 0 Å². The summed E-state index contributed by atoms with van der Waals surface area (Å²) in [7, 11) is 0. The molecule has 0 radical (unpaired) electrons. The van der Waals surface area contributed by atoms with E-state index in [4.69, 9.17) is 0 Å². The van der Waals surface area contributed by atoms with Crippen molar-refractivity contribution < 1.29 is 44.3 Å². The van der Waals surface area contributed by atoms with E-state index in [1.54, 1.807) is 43.3 Å². The van der Waals surface area contributed by atoms with Gasteiger partial charge in [0, 0.05) is 22.3 Å². The Hall–Kier alpha value is -0.940. The van der Waals surface area contributed by atoms with E-state index in [-0.39, 0.29) is 35.3 Å². The van der Waals surface area contributed by atoms with Gasteiger partial charge in [-0.1, -0.05) is 37.3 Å². The van der Waals surface area contributed by atoms with Gasteiger partial charge >= 0.3 is 29.6 Å². The number of thiophene rings is 1. The molecular weight excluding hydrogens is 271 g/mol. The quantitative estimate of drug-likeness (QED) is 0.525. The van der Waals surface area contributed by atoms with Crippen LogP contribution in [0.3, 0.4) is 0 Å². The van der Waals surface area contributed by atoms with E-state index in [9.17, 15) is 14.7 Å². The number of carboxylic acids is 1. The third-order valence-corrected chi connectivity index (χ3v) is 3.93. The molecule has 0 amide bonds. The average molecular weight is 282 g/mol. The monoisotopic (exact) mass is 282 g/mol. The summed E-state index contributed by atoms with van der Waals surface area (Å²) in [6, 6.07) is 12.2. The first kappa shape index (κ1) is 16.1. The summed E-state index contributed by atoms with van der Waals surface area (Å²) in [5.74, 6) is -1.90. The maximum absolute atomic E-state index is 12.1. The molecule has 0 aliphatic carbocycles. The normalized spacial score (nSPS) is 11.4. The molecule has 0 bridgehead atoms. The first-order chi connectivity index (χ1) is 8.59. The second-order valence-electron chi connectivity index (χ2n) is 3.94. The third-order valence-electron chi connectivity index (χ3n) is 2.67. The van der Waals surface area contributed by atoms with Crippen molar-refractivity contribution in [1.29, 1.82) is 0 Å². The molecule has 0 saturated heterocycles. The van der Waals surface area contributed by atoms with Gasteiger partial charge in [0.25, 0.3) is 0 Å². The molecule has 1 atom stereocenters. The van der Waals surface area contributed by atoms with E-state index >= 15 is 0 Å². The van der Waals surface area contributed by atoms with Crippen molar-refractivity contribution >= 4 is 23.1 Å². The Morgan fingerprint density at radius 2 is 1.74 bits per heavy atom. The summed E-state index contributed by atoms with van der Waals surface area (Å²) in [6.45, 7) is 1.55. The van der Waals surface area contributed by atoms with E-state index in [1.165, 1.54) is 11.3 Å². The van der Waals surface area contributed by atoms with Crippen molar-refractivity contribution in [2.45, 2.75) is 12.8 Å². The van der Waals surface area contributed by atoms with Crippen LogP contribution in [0.25, 0.3) is 0 Å². The van der Waals surface area contributed by atoms with Gasteiger partial charge in [0.1, 0.15) is 0 Å². The van der Waals surface area contributed by atoms with Crippen LogP contribution in [0.15, 0.2) is 42.5 Å². The van der Waals surface area contributed by atoms with Crippen LogP contribution in [-0.4, -0.2) is 11.8 Å². The molecule has 0 spiro atoms. The Morgan fingerprint density at radius 3 is 2.32 bits per heavy atom. The molecule has 19 heavy (non-hydrogen) atoms. The standard InChI is InChI=1S/C14H12O3S.Na/c1-9(14(16)17)11-7-8-12(18-11)13(15)10-5-3-2-4-6-10;/h2-9H,1H3,(H,16,17);/q;+1/p-1. The smallest absolute Gasteiger partial charge is 0.549 e. The zero-order valence-corrected chi connectivity index (χ0v) is 13.6. The minimum absolute atomic E-state index is 0. The van der Waals surface area contributed by atoms with Crippen molar-refractivity contribution in [3.8, 4) is 0 Å². The molecule has 0 N–H and O–H groups in total. The zero-order chi connectivity index (χ0) is 13.1. The van der Waals surface area contributed by atoms with Crippen LogP contribution in [0.2, 0.25) is 0 Å². The number of hydrogen-bond donors (Lipinski definition) is 0. The predicted molar refractivity (Wildman–Crippen MR) is 67.6 cm³/mol. The fraction of sp³-hybridized carbons (Fsp3) is 0.143. The minimum atomic E-state index is -1.13. The van der Waals surface area contributed by atoms with Crippen molar-refractivity contribution in [3.63, 3.8) is 0 Å². The van der Waals surface area contributed by atoms with Crippen molar-refractivity contribution in [2.24, 2.45) is 0 Å². The van der Waals surface area contributed by atoms with Crippen molar-refractivity contribution in [1.82, 2.24) is 0 Å². The molecule has 2 aromatic rings. The molecule has 1 aromatic carbocycles. The van der Waals surface area contributed by atoms with Crippen LogP contribution in [0, 0.1) is 0 Å². The largest absolute Gasteiger partial charge is 1.00 e. The molecule has 3 nitrogen and oxygen atoms in total. The molecule has 92 valence electrons. The van der Waals surface area contributed by atoms with Crippen molar-refractivity contribution in [2.75, 3.05) is 0 Å². The summed E-state index contributed by atoms with van der Waals surface area (Å²) < 4.78 is 0. The number of carbonyl (C=O) groups is 2. The molecule has 0 aliphatic heterocycles. The van der Waals surface area contributed by atoms with E-state index in [1.807, 2.05) is 6.07 Å². The fourth-order valence-corrected chi connectivity index (χ4v) is 2.57. The van der Waals surface area contributed by atoms with Gasteiger partial charge in [-0.2, -0.15) is 0 Å². The second-order valence-corrected chi connectivity index (χ2v) is 5.05. The van der Waals surface area contributed by atoms with Gasteiger partial charge < -0.3 is 9.90 Å². The van der Waals surface area contributed by atoms with E-state index in [2.05, 4.69) is 0 Å². The van der Waals surface area contributed by atoms with E-state index in [0.717, 1.165) is 0 Å². The molecule has 2 rings (SSSR count). The van der Waals surface area contributed by atoms with Crippen LogP contribution in [0.4, 0.5) is 0 Å². The maximum atomic E-state index is 12.1. The summed E-state index contributed by atoms with van der Waals surface area (Å²) in [4.78, 5) is 24.0. The number of carbonyl (C=O) groups excluding carboxylic acids is 2. The number of benzene rings is 1. The third kappa shape index (κ3) is 3.76. The van der Waals surface area contributed by atoms with E-state index < -0.39 is 11.9 Å². The molecule has 0 fully saturated rings. The Bertz CT molecular complexity index is 577. The summed E-state index contributed by atoms with van der Waals surface area (Å²) in [6.07, 6.45) is 0. The van der Waals surface area contributed by atoms with Crippen LogP contribution >= 0.6 is 11.3 Å². The predicted octanol–water partition coefficient (Wildman–Crippen LogP) is -1.16. The number of rotatable bonds is 4. The number of aliphatic carboxylic acids is 1. The van der Waals surface area contributed by atoms with Crippen LogP contribution in [0.1, 0.15) is 33.0 Å². The molecular formula is C14H11NaO3S. The SMILES string of the molecule is CC(C(=O)[O-])c1ccc(C(=O)c2ccccc2)s1.[Na+]. The van der Waals surface area contributed by atoms with Gasteiger partial charge in [0.2, 0.25) is 5.78 Å². The molecule has 1 heterocycles.